The minimum absolute atomic E-state index is 0.0207. The Kier molecular flexibility index (Phi) is 4.73. The molecule has 2 unspecified atom stereocenters. The molecule has 0 radical (unpaired) electrons. The second-order valence-corrected chi connectivity index (χ2v) is 14.8. The topological polar surface area (TPSA) is 49.4 Å². The summed E-state index contributed by atoms with van der Waals surface area (Å²) in [5.74, 6) is 6.05. The lowest BCUT2D eigenvalue weighted by molar-refractivity contribution is -0.146. The maximum Gasteiger partial charge on any atom is 0.318 e. The summed E-state index contributed by atoms with van der Waals surface area (Å²) in [7, 11) is 0. The van der Waals surface area contributed by atoms with Crippen molar-refractivity contribution in [3.05, 3.63) is 0 Å². The number of fused-ring (bicyclic) bond motifs is 5. The Morgan fingerprint density at radius 1 is 0.882 bits per heavy atom. The number of urea groups is 1. The first-order chi connectivity index (χ1) is 16.2. The van der Waals surface area contributed by atoms with Crippen molar-refractivity contribution in [2.45, 2.75) is 115 Å². The predicted octanol–water partition coefficient (Wildman–Crippen LogP) is 6.19. The third-order valence-electron chi connectivity index (χ3n) is 13.3. The monoisotopic (exact) mass is 466 g/mol. The molecule has 1 aliphatic heterocycles. The number of rotatable bonds is 1. The fourth-order valence-corrected chi connectivity index (χ4v) is 12.1. The van der Waals surface area contributed by atoms with E-state index >= 15 is 0 Å². The van der Waals surface area contributed by atoms with Crippen molar-refractivity contribution in [2.24, 2.45) is 52.8 Å². The number of carbonyl (C=O) groups is 2. The van der Waals surface area contributed by atoms with E-state index < -0.39 is 0 Å². The molecule has 1 saturated heterocycles. The minimum atomic E-state index is 0.0207. The molecular formula is C30H46N2O2. The van der Waals surface area contributed by atoms with Crippen molar-refractivity contribution >= 4 is 11.8 Å². The Bertz CT molecular complexity index is 863. The predicted molar refractivity (Wildman–Crippen MR) is 133 cm³/mol. The Hall–Kier alpha value is -1.06. The number of amides is 2. The number of carbonyl (C=O) groups excluding carboxylic acids is 2. The summed E-state index contributed by atoms with van der Waals surface area (Å²) >= 11 is 0. The van der Waals surface area contributed by atoms with Gasteiger partial charge < -0.3 is 10.2 Å². The van der Waals surface area contributed by atoms with Crippen LogP contribution in [0.25, 0.3) is 0 Å². The second kappa shape index (κ2) is 7.25. The van der Waals surface area contributed by atoms with Gasteiger partial charge >= 0.3 is 6.03 Å². The molecule has 1 N–H and O–H groups in total. The van der Waals surface area contributed by atoms with Crippen LogP contribution in [0.3, 0.4) is 0 Å². The van der Waals surface area contributed by atoms with E-state index in [4.69, 9.17) is 0 Å². The lowest BCUT2D eigenvalue weighted by atomic mass is 9.44. The van der Waals surface area contributed by atoms with Crippen LogP contribution < -0.4 is 5.32 Å². The van der Waals surface area contributed by atoms with Gasteiger partial charge in [0.1, 0.15) is 5.78 Å². The van der Waals surface area contributed by atoms with Crippen molar-refractivity contribution in [1.29, 1.82) is 0 Å². The summed E-state index contributed by atoms with van der Waals surface area (Å²) < 4.78 is 0. The van der Waals surface area contributed by atoms with E-state index in [1.54, 1.807) is 0 Å². The summed E-state index contributed by atoms with van der Waals surface area (Å²) in [6.07, 6.45) is 15.9. The molecule has 1 heterocycles. The number of ketones is 1. The first-order valence-corrected chi connectivity index (χ1v) is 14.8. The fourth-order valence-electron chi connectivity index (χ4n) is 12.1. The van der Waals surface area contributed by atoms with Gasteiger partial charge in [-0.2, -0.15) is 0 Å². The van der Waals surface area contributed by atoms with Crippen LogP contribution in [0.15, 0.2) is 0 Å². The number of likely N-dealkylation sites (tertiary alicyclic amines) is 1. The van der Waals surface area contributed by atoms with Crippen LogP contribution in [0.1, 0.15) is 104 Å². The molecule has 0 aromatic carbocycles. The lowest BCUT2D eigenvalue weighted by Gasteiger charge is -2.61. The zero-order chi connectivity index (χ0) is 23.5. The standard InChI is InChI=1S/C30H46N2O2/c1-18-23-5-4-22-24(28(23,2)9-7-26(18)33)6-10-29(3)25(22)8-11-32(29)27(34)31-30-15-19-12-20(16-30)14-21(13-19)17-30/h18-25H,4-17H2,1-3H3,(H,31,34)/t18?,19?,20?,21?,22-,23?,24-,25+,28+,29+,30?/m1/s1. The summed E-state index contributed by atoms with van der Waals surface area (Å²) in [5.41, 5.74) is 0.451. The molecule has 4 heteroatoms. The number of nitrogens with one attached hydrogen (secondary N) is 1. The van der Waals surface area contributed by atoms with Gasteiger partial charge in [-0.15, -0.1) is 0 Å². The zero-order valence-electron chi connectivity index (χ0n) is 21.8. The van der Waals surface area contributed by atoms with Crippen molar-refractivity contribution in [3.8, 4) is 0 Å². The van der Waals surface area contributed by atoms with E-state index in [0.717, 1.165) is 55.4 Å². The Balaban J connectivity index is 1.10. The first-order valence-electron chi connectivity index (χ1n) is 14.8. The van der Waals surface area contributed by atoms with Gasteiger partial charge in [-0.3, -0.25) is 4.79 Å². The van der Waals surface area contributed by atoms with Gasteiger partial charge in [0, 0.05) is 30.0 Å². The van der Waals surface area contributed by atoms with Crippen LogP contribution in [-0.4, -0.2) is 34.3 Å². The van der Waals surface area contributed by atoms with Crippen LogP contribution in [0.2, 0.25) is 0 Å². The SMILES string of the molecule is CC1C(=O)CC[C@@]2(C)C1CC[C@@H]1[C@H]2CC[C@@]2(C)[C@H]1CCN2C(=O)NC12CC3CC(CC(C3)C1)C2. The average Bonchev–Trinajstić information content (AvgIpc) is 3.13. The molecule has 0 aromatic heterocycles. The van der Waals surface area contributed by atoms with E-state index in [-0.39, 0.29) is 23.0 Å². The van der Waals surface area contributed by atoms with Crippen LogP contribution >= 0.6 is 0 Å². The van der Waals surface area contributed by atoms with Gasteiger partial charge in [0.25, 0.3) is 0 Å². The van der Waals surface area contributed by atoms with Crippen LogP contribution in [0.5, 0.6) is 0 Å². The van der Waals surface area contributed by atoms with E-state index in [0.29, 0.717) is 23.0 Å². The number of nitrogens with zero attached hydrogens (tertiary/aromatic N) is 1. The van der Waals surface area contributed by atoms with Gasteiger partial charge in [0.05, 0.1) is 0 Å². The second-order valence-electron chi connectivity index (χ2n) is 14.8. The summed E-state index contributed by atoms with van der Waals surface area (Å²) in [5, 5.41) is 3.71. The molecule has 2 amide bonds. The van der Waals surface area contributed by atoms with Gasteiger partial charge in [0.15, 0.2) is 0 Å². The molecule has 7 aliphatic carbocycles. The van der Waals surface area contributed by atoms with Gasteiger partial charge in [-0.25, -0.2) is 4.79 Å². The summed E-state index contributed by atoms with van der Waals surface area (Å²) in [6.45, 7) is 8.12. The molecule has 188 valence electrons. The molecule has 0 aromatic rings. The normalized spacial score (nSPS) is 55.5. The maximum atomic E-state index is 13.9. The molecule has 8 rings (SSSR count). The third kappa shape index (κ3) is 2.95. The molecule has 8 aliphatic rings. The highest BCUT2D eigenvalue weighted by atomic mass is 16.2. The highest BCUT2D eigenvalue weighted by Crippen LogP contribution is 2.64. The van der Waals surface area contributed by atoms with E-state index in [2.05, 4.69) is 31.0 Å². The third-order valence-corrected chi connectivity index (χ3v) is 13.3. The average molecular weight is 467 g/mol. The summed E-state index contributed by atoms with van der Waals surface area (Å²) in [4.78, 5) is 28.7. The smallest absolute Gasteiger partial charge is 0.318 e. The Morgan fingerprint density at radius 3 is 2.24 bits per heavy atom. The maximum absolute atomic E-state index is 13.9. The van der Waals surface area contributed by atoms with Crippen molar-refractivity contribution in [1.82, 2.24) is 10.2 Å². The minimum Gasteiger partial charge on any atom is -0.333 e. The molecule has 4 bridgehead atoms. The molecule has 7 atom stereocenters. The molecular weight excluding hydrogens is 420 g/mol. The van der Waals surface area contributed by atoms with Crippen LogP contribution in [0, 0.1) is 52.8 Å². The quantitative estimate of drug-likeness (QED) is 0.501. The fraction of sp³-hybridized carbons (Fsp3) is 0.933. The van der Waals surface area contributed by atoms with Crippen LogP contribution in [0.4, 0.5) is 4.79 Å². The van der Waals surface area contributed by atoms with Crippen LogP contribution in [-0.2, 0) is 4.79 Å². The molecule has 0 spiro atoms. The van der Waals surface area contributed by atoms with E-state index in [1.165, 1.54) is 64.2 Å². The lowest BCUT2D eigenvalue weighted by Crippen LogP contribution is -2.65. The van der Waals surface area contributed by atoms with Crippen molar-refractivity contribution in [3.63, 3.8) is 0 Å². The van der Waals surface area contributed by atoms with Gasteiger partial charge in [-0.05, 0) is 131 Å². The molecule has 8 fully saturated rings. The van der Waals surface area contributed by atoms with Gasteiger partial charge in [-0.1, -0.05) is 13.8 Å². The van der Waals surface area contributed by atoms with Crippen molar-refractivity contribution in [2.75, 3.05) is 6.54 Å². The number of hydrogen-bond acceptors (Lipinski definition) is 2. The molecule has 7 saturated carbocycles. The van der Waals surface area contributed by atoms with E-state index in [1.807, 2.05) is 0 Å². The first kappa shape index (κ1) is 22.2. The highest BCUT2D eigenvalue weighted by molar-refractivity contribution is 5.82. The molecule has 4 nitrogen and oxygen atoms in total. The number of Topliss-reactive ketones (excluding diaryl/α,β-unsaturated/α-hetero) is 1. The van der Waals surface area contributed by atoms with Crippen molar-refractivity contribution < 1.29 is 9.59 Å². The summed E-state index contributed by atoms with van der Waals surface area (Å²) in [6, 6.07) is 0.266. The Morgan fingerprint density at radius 2 is 1.56 bits per heavy atom. The Labute approximate surface area is 206 Å². The largest absolute Gasteiger partial charge is 0.333 e. The number of hydrogen-bond donors (Lipinski definition) is 1. The zero-order valence-corrected chi connectivity index (χ0v) is 21.8. The van der Waals surface area contributed by atoms with E-state index in [9.17, 15) is 9.59 Å². The highest BCUT2D eigenvalue weighted by Gasteiger charge is 2.62. The molecule has 34 heavy (non-hydrogen) atoms. The van der Waals surface area contributed by atoms with Gasteiger partial charge in [0.2, 0.25) is 0 Å².